The molecule has 1 aromatic carbocycles. The molecule has 1 saturated carbocycles. The van der Waals surface area contributed by atoms with Gasteiger partial charge in [-0.2, -0.15) is 9.97 Å². The fourth-order valence-electron chi connectivity index (χ4n) is 8.01. The highest BCUT2D eigenvalue weighted by Crippen LogP contribution is 2.47. The fraction of sp³-hybridized carbons (Fsp3) is 0.643. The Labute approximate surface area is 311 Å². The number of hydrogen-bond donors (Lipinski definition) is 4. The van der Waals surface area contributed by atoms with Crippen molar-refractivity contribution in [2.75, 3.05) is 31.2 Å². The number of allylic oxidation sites excluding steroid dienone is 6. The Morgan fingerprint density at radius 3 is 2.17 bits per heavy atom. The second kappa shape index (κ2) is 17.7. The van der Waals surface area contributed by atoms with Gasteiger partial charge < -0.3 is 25.6 Å². The summed E-state index contributed by atoms with van der Waals surface area (Å²) in [6, 6.07) is 0.839. The highest BCUT2D eigenvalue weighted by Gasteiger charge is 2.46. The summed E-state index contributed by atoms with van der Waals surface area (Å²) in [5.41, 5.74) is 11.2. The van der Waals surface area contributed by atoms with Crippen molar-refractivity contribution in [3.63, 3.8) is 0 Å². The first-order valence-corrected chi connectivity index (χ1v) is 19.6. The number of nitrogens with one attached hydrogen (secondary N) is 1. The quantitative estimate of drug-likeness (QED) is 0.0897. The van der Waals surface area contributed by atoms with Crippen molar-refractivity contribution in [2.45, 2.75) is 145 Å². The summed E-state index contributed by atoms with van der Waals surface area (Å²) in [5.74, 6) is -0.00958. The van der Waals surface area contributed by atoms with E-state index in [4.69, 9.17) is 20.4 Å². The van der Waals surface area contributed by atoms with Crippen LogP contribution in [0.4, 0.5) is 10.2 Å². The lowest BCUT2D eigenvalue weighted by Gasteiger charge is -2.33. The summed E-state index contributed by atoms with van der Waals surface area (Å²) >= 11 is 0. The number of aliphatic hydroxyl groups is 2. The molecular weight excluding hydrogens is 655 g/mol. The van der Waals surface area contributed by atoms with Crippen molar-refractivity contribution in [1.82, 2.24) is 14.9 Å². The molecule has 2 aliphatic rings. The molecule has 2 fully saturated rings. The fourth-order valence-corrected chi connectivity index (χ4v) is 8.01. The number of rotatable bonds is 18. The molecule has 52 heavy (non-hydrogen) atoms. The Hall–Kier alpha value is -3.34. The first kappa shape index (κ1) is 41.4. The van der Waals surface area contributed by atoms with Crippen LogP contribution < -0.4 is 15.4 Å². The summed E-state index contributed by atoms with van der Waals surface area (Å²) in [7, 11) is 0. The Balaban J connectivity index is 2.00. The number of fused-ring (bicyclic) bond motifs is 1. The van der Waals surface area contributed by atoms with Gasteiger partial charge in [-0.3, -0.25) is 10.3 Å². The lowest BCUT2D eigenvalue weighted by atomic mass is 9.84. The van der Waals surface area contributed by atoms with Crippen LogP contribution in [0.3, 0.4) is 0 Å². The van der Waals surface area contributed by atoms with Crippen molar-refractivity contribution >= 4 is 22.4 Å². The van der Waals surface area contributed by atoms with E-state index >= 15 is 4.39 Å². The van der Waals surface area contributed by atoms with Crippen molar-refractivity contribution < 1.29 is 19.3 Å². The summed E-state index contributed by atoms with van der Waals surface area (Å²) in [5, 5.41) is 31.1. The molecule has 2 aromatic rings. The Bertz CT molecular complexity index is 1700. The molecule has 0 bridgehead atoms. The number of nitrogens with zero attached hydrogens (tertiary/aromatic N) is 4. The zero-order valence-corrected chi connectivity index (χ0v) is 33.5. The van der Waals surface area contributed by atoms with E-state index in [0.717, 1.165) is 62.6 Å². The highest BCUT2D eigenvalue weighted by atomic mass is 19.1. The Morgan fingerprint density at radius 2 is 1.69 bits per heavy atom. The number of aliphatic hydroxyl groups excluding tert-OH is 2. The third-order valence-corrected chi connectivity index (χ3v) is 12.1. The van der Waals surface area contributed by atoms with Crippen molar-refractivity contribution in [1.29, 1.82) is 5.41 Å². The van der Waals surface area contributed by atoms with Gasteiger partial charge >= 0.3 is 6.01 Å². The van der Waals surface area contributed by atoms with E-state index in [2.05, 4.69) is 37.5 Å². The van der Waals surface area contributed by atoms with Crippen LogP contribution in [0.5, 0.6) is 6.01 Å². The third kappa shape index (κ3) is 8.24. The monoisotopic (exact) mass is 721 g/mol. The van der Waals surface area contributed by atoms with Gasteiger partial charge in [0, 0.05) is 53.5 Å². The van der Waals surface area contributed by atoms with Crippen LogP contribution in [0.15, 0.2) is 34.1 Å². The van der Waals surface area contributed by atoms with Gasteiger partial charge in [-0.15, -0.1) is 0 Å². The molecule has 288 valence electrons. The minimum Gasteiger partial charge on any atom is -0.463 e. The topological polar surface area (TPSA) is 132 Å². The number of aromatic nitrogens is 2. The predicted octanol–water partition coefficient (Wildman–Crippen LogP) is 8.14. The standard InChI is InChI=1S/C42H65FN6O3/c1-11-25(6)27(8)34(28(9)29(10)44)38(45)35-32(15-5)33(22-51)36-39(37(35)43)46-41(47-40(36)49-30(13-3)16-17-31(49)14-4)52-24-42(18-19-42)23-48(20-21-50)26(7)12-2/h11,26,30-31,45,50-51H,12-24,44H2,1-10H3/b25-11-,29-28+,34-27-,45-38?/t26-,30?,31?/m1/s1. The van der Waals surface area contributed by atoms with E-state index in [-0.39, 0.29) is 53.5 Å². The molecule has 1 aromatic heterocycles. The molecule has 1 aliphatic carbocycles. The predicted molar refractivity (Wildman–Crippen MR) is 212 cm³/mol. The van der Waals surface area contributed by atoms with Crippen molar-refractivity contribution in [3.05, 3.63) is 56.6 Å². The second-order valence-corrected chi connectivity index (χ2v) is 15.2. The van der Waals surface area contributed by atoms with E-state index in [1.807, 2.05) is 40.7 Å². The van der Waals surface area contributed by atoms with Gasteiger partial charge in [0.25, 0.3) is 0 Å². The number of anilines is 1. The van der Waals surface area contributed by atoms with Crippen LogP contribution in [0.1, 0.15) is 131 Å². The molecule has 0 radical (unpaired) electrons. The lowest BCUT2D eigenvalue weighted by Crippen LogP contribution is -2.41. The number of ether oxygens (including phenoxy) is 1. The number of halogens is 1. The van der Waals surface area contributed by atoms with E-state index in [0.29, 0.717) is 64.8 Å². The SMILES string of the molecule is C\C=C(C)/C(C)=C(C(=N)c1c(CC)c(CO)c2c(N3C(CC)CCC3CC)nc(OCC3(CN(CCO)[C@H](C)CC)CC3)nc2c1F)/C(C)=C(\C)N. The maximum atomic E-state index is 17.6. The highest BCUT2D eigenvalue weighted by molar-refractivity contribution is 6.17. The van der Waals surface area contributed by atoms with Gasteiger partial charge in [0.1, 0.15) is 11.3 Å². The molecule has 2 heterocycles. The molecule has 2 unspecified atom stereocenters. The van der Waals surface area contributed by atoms with E-state index in [1.165, 1.54) is 0 Å². The van der Waals surface area contributed by atoms with Crippen LogP contribution in [-0.2, 0) is 13.0 Å². The van der Waals surface area contributed by atoms with Crippen molar-refractivity contribution in [3.8, 4) is 6.01 Å². The summed E-state index contributed by atoms with van der Waals surface area (Å²) in [6.07, 6.45) is 9.14. The maximum absolute atomic E-state index is 17.6. The van der Waals surface area contributed by atoms with Crippen LogP contribution in [0.2, 0.25) is 0 Å². The lowest BCUT2D eigenvalue weighted by molar-refractivity contribution is 0.104. The van der Waals surface area contributed by atoms with Gasteiger partial charge in [-0.05, 0) is 115 Å². The van der Waals surface area contributed by atoms with E-state index in [9.17, 15) is 15.6 Å². The smallest absolute Gasteiger partial charge is 0.319 e. The molecule has 3 atom stereocenters. The molecule has 1 saturated heterocycles. The molecule has 1 aliphatic heterocycles. The van der Waals surface area contributed by atoms with Crippen molar-refractivity contribution in [2.24, 2.45) is 11.1 Å². The van der Waals surface area contributed by atoms with Gasteiger partial charge in [-0.25, -0.2) is 4.39 Å². The molecule has 10 heteroatoms. The zero-order chi connectivity index (χ0) is 38.5. The average molecular weight is 721 g/mol. The third-order valence-electron chi connectivity index (χ3n) is 12.1. The van der Waals surface area contributed by atoms with Crippen LogP contribution in [-0.4, -0.2) is 75.2 Å². The first-order valence-electron chi connectivity index (χ1n) is 19.6. The summed E-state index contributed by atoms with van der Waals surface area (Å²) < 4.78 is 24.1. The van der Waals surface area contributed by atoms with Gasteiger partial charge in [0.05, 0.1) is 30.9 Å². The molecule has 0 spiro atoms. The second-order valence-electron chi connectivity index (χ2n) is 15.2. The summed E-state index contributed by atoms with van der Waals surface area (Å²) in [4.78, 5) is 14.6. The molecule has 5 N–H and O–H groups in total. The van der Waals surface area contributed by atoms with Gasteiger partial charge in [0.2, 0.25) is 0 Å². The molecule has 0 amide bonds. The number of benzene rings is 1. The molecule has 9 nitrogen and oxygen atoms in total. The van der Waals surface area contributed by atoms with Crippen LogP contribution >= 0.6 is 0 Å². The Kier molecular flexibility index (Phi) is 14.1. The van der Waals surface area contributed by atoms with Gasteiger partial charge in [0.15, 0.2) is 5.82 Å². The molecule has 4 rings (SSSR count). The average Bonchev–Trinajstić information content (AvgIpc) is 3.79. The number of nitrogens with two attached hydrogens (primary N) is 1. The first-order chi connectivity index (χ1) is 24.8. The number of hydrogen-bond acceptors (Lipinski definition) is 9. The van der Waals surface area contributed by atoms with E-state index < -0.39 is 5.82 Å². The molecular formula is C42H65FN6O3. The van der Waals surface area contributed by atoms with E-state index in [1.54, 1.807) is 6.92 Å². The normalized spacial score (nSPS) is 20.3. The van der Waals surface area contributed by atoms with Crippen LogP contribution in [0, 0.1) is 16.6 Å². The Morgan fingerprint density at radius 1 is 1.06 bits per heavy atom. The maximum Gasteiger partial charge on any atom is 0.319 e. The zero-order valence-electron chi connectivity index (χ0n) is 33.5. The minimum atomic E-state index is -0.610. The summed E-state index contributed by atoms with van der Waals surface area (Å²) in [6.45, 7) is 21.7. The minimum absolute atomic E-state index is 0.0135. The van der Waals surface area contributed by atoms with Gasteiger partial charge in [-0.1, -0.05) is 39.3 Å². The van der Waals surface area contributed by atoms with Crippen LogP contribution in [0.25, 0.3) is 10.9 Å². The largest absolute Gasteiger partial charge is 0.463 e.